The molecule has 1 amide bonds. The number of ether oxygens (including phenoxy) is 2. The van der Waals surface area contributed by atoms with Crippen molar-refractivity contribution in [1.82, 2.24) is 5.32 Å². The molecule has 0 radical (unpaired) electrons. The summed E-state index contributed by atoms with van der Waals surface area (Å²) in [5.74, 6) is -1.48. The van der Waals surface area contributed by atoms with Crippen molar-refractivity contribution in [3.8, 4) is 0 Å². The fourth-order valence-corrected chi connectivity index (χ4v) is 2.70. The Labute approximate surface area is 163 Å². The molecule has 0 aromatic heterocycles. The Morgan fingerprint density at radius 2 is 1.75 bits per heavy atom. The van der Waals surface area contributed by atoms with E-state index in [4.69, 9.17) is 10.5 Å². The van der Waals surface area contributed by atoms with Crippen LogP contribution in [0.15, 0.2) is 54.6 Å². The van der Waals surface area contributed by atoms with Gasteiger partial charge in [-0.2, -0.15) is 0 Å². The van der Waals surface area contributed by atoms with E-state index < -0.39 is 29.9 Å². The van der Waals surface area contributed by atoms with E-state index in [1.807, 2.05) is 0 Å². The molecule has 0 spiro atoms. The number of methoxy groups -OCH3 is 1. The molecule has 0 saturated heterocycles. The van der Waals surface area contributed by atoms with E-state index in [9.17, 15) is 14.4 Å². The van der Waals surface area contributed by atoms with E-state index in [1.165, 1.54) is 7.11 Å². The molecule has 0 saturated carbocycles. The van der Waals surface area contributed by atoms with Crippen molar-refractivity contribution in [1.29, 1.82) is 0 Å². The van der Waals surface area contributed by atoms with Gasteiger partial charge >= 0.3 is 11.9 Å². The molecule has 2 aromatic carbocycles. The third kappa shape index (κ3) is 5.65. The van der Waals surface area contributed by atoms with E-state index in [0.717, 1.165) is 5.56 Å². The van der Waals surface area contributed by atoms with Crippen molar-refractivity contribution >= 4 is 17.8 Å². The van der Waals surface area contributed by atoms with Crippen molar-refractivity contribution in [2.75, 3.05) is 13.7 Å². The summed E-state index contributed by atoms with van der Waals surface area (Å²) < 4.78 is 9.76. The van der Waals surface area contributed by atoms with Crippen LogP contribution in [0.25, 0.3) is 0 Å². The molecule has 2 atom stereocenters. The Balaban J connectivity index is 2.25. The first-order chi connectivity index (χ1) is 13.5. The molecule has 3 N–H and O–H groups in total. The quantitative estimate of drug-likeness (QED) is 0.672. The van der Waals surface area contributed by atoms with Crippen LogP contribution >= 0.6 is 0 Å². The maximum atomic E-state index is 12.5. The molecule has 0 aliphatic rings. The average molecular weight is 384 g/mol. The standard InChI is InChI=1S/C21H24N2O5/c1-3-28-21(26)18(23-19(24)15-9-5-4-6-10-15)16-11-7-8-14(12-16)13-17(22)20(25)27-2/h4-12,17-18H,3,13,22H2,1-2H3,(H,23,24)/t17-,18?/m0/s1. The van der Waals surface area contributed by atoms with Gasteiger partial charge in [-0.25, -0.2) is 4.79 Å². The van der Waals surface area contributed by atoms with Crippen LogP contribution in [0.5, 0.6) is 0 Å². The second kappa shape index (κ2) is 10.2. The van der Waals surface area contributed by atoms with Crippen LogP contribution < -0.4 is 11.1 Å². The number of hydrogen-bond donors (Lipinski definition) is 2. The van der Waals surface area contributed by atoms with Gasteiger partial charge in [0, 0.05) is 5.56 Å². The summed E-state index contributed by atoms with van der Waals surface area (Å²) >= 11 is 0. The Bertz CT molecular complexity index is 823. The largest absolute Gasteiger partial charge is 0.468 e. The lowest BCUT2D eigenvalue weighted by Gasteiger charge is -2.19. The number of carbonyl (C=O) groups excluding carboxylic acids is 3. The van der Waals surface area contributed by atoms with Gasteiger partial charge in [-0.1, -0.05) is 42.5 Å². The van der Waals surface area contributed by atoms with Gasteiger partial charge in [0.15, 0.2) is 6.04 Å². The molecular formula is C21H24N2O5. The van der Waals surface area contributed by atoms with Crippen LogP contribution in [0.1, 0.15) is 34.5 Å². The molecule has 2 aromatic rings. The molecule has 7 nitrogen and oxygen atoms in total. The van der Waals surface area contributed by atoms with Crippen LogP contribution in [0, 0.1) is 0 Å². The summed E-state index contributed by atoms with van der Waals surface area (Å²) in [7, 11) is 1.27. The fourth-order valence-electron chi connectivity index (χ4n) is 2.70. The number of hydrogen-bond acceptors (Lipinski definition) is 6. The summed E-state index contributed by atoms with van der Waals surface area (Å²) in [6, 6.07) is 13.7. The van der Waals surface area contributed by atoms with Crippen LogP contribution in [0.2, 0.25) is 0 Å². The van der Waals surface area contributed by atoms with E-state index in [0.29, 0.717) is 11.1 Å². The Hall–Kier alpha value is -3.19. The van der Waals surface area contributed by atoms with Gasteiger partial charge in [0.2, 0.25) is 0 Å². The molecule has 0 aliphatic heterocycles. The SMILES string of the molecule is CCOC(=O)C(NC(=O)c1ccccc1)c1cccc(C[C@H](N)C(=O)OC)c1. The van der Waals surface area contributed by atoms with Crippen molar-refractivity contribution in [2.45, 2.75) is 25.4 Å². The lowest BCUT2D eigenvalue weighted by molar-refractivity contribution is -0.145. The normalized spacial score (nSPS) is 12.5. The highest BCUT2D eigenvalue weighted by atomic mass is 16.5. The average Bonchev–Trinajstić information content (AvgIpc) is 2.72. The van der Waals surface area contributed by atoms with Gasteiger partial charge < -0.3 is 20.5 Å². The van der Waals surface area contributed by atoms with Crippen LogP contribution in [-0.4, -0.2) is 37.6 Å². The Kier molecular flexibility index (Phi) is 7.71. The Morgan fingerprint density at radius 1 is 1.04 bits per heavy atom. The summed E-state index contributed by atoms with van der Waals surface area (Å²) in [5, 5.41) is 2.71. The first-order valence-electron chi connectivity index (χ1n) is 8.91. The van der Waals surface area contributed by atoms with E-state index in [1.54, 1.807) is 61.5 Å². The second-order valence-electron chi connectivity index (χ2n) is 6.10. The molecular weight excluding hydrogens is 360 g/mol. The first-order valence-corrected chi connectivity index (χ1v) is 8.91. The second-order valence-corrected chi connectivity index (χ2v) is 6.10. The minimum Gasteiger partial charge on any atom is -0.468 e. The number of amides is 1. The molecule has 0 fully saturated rings. The summed E-state index contributed by atoms with van der Waals surface area (Å²) in [6.07, 6.45) is 0.239. The van der Waals surface area contributed by atoms with E-state index in [-0.39, 0.29) is 13.0 Å². The molecule has 0 aliphatic carbocycles. The van der Waals surface area contributed by atoms with Crippen molar-refractivity contribution < 1.29 is 23.9 Å². The zero-order valence-corrected chi connectivity index (χ0v) is 15.9. The fraction of sp³-hybridized carbons (Fsp3) is 0.286. The summed E-state index contributed by atoms with van der Waals surface area (Å²) in [6.45, 7) is 1.88. The molecule has 0 heterocycles. The molecule has 28 heavy (non-hydrogen) atoms. The molecule has 2 rings (SSSR count). The van der Waals surface area contributed by atoms with Crippen LogP contribution in [0.3, 0.4) is 0 Å². The van der Waals surface area contributed by atoms with Crippen LogP contribution in [-0.2, 0) is 25.5 Å². The molecule has 0 bridgehead atoms. The lowest BCUT2D eigenvalue weighted by atomic mass is 9.99. The molecule has 148 valence electrons. The third-order valence-corrected chi connectivity index (χ3v) is 4.08. The number of rotatable bonds is 8. The van der Waals surface area contributed by atoms with Gasteiger partial charge in [-0.3, -0.25) is 9.59 Å². The predicted molar refractivity (Wildman–Crippen MR) is 103 cm³/mol. The van der Waals surface area contributed by atoms with E-state index in [2.05, 4.69) is 10.1 Å². The zero-order chi connectivity index (χ0) is 20.5. The van der Waals surface area contributed by atoms with Crippen molar-refractivity contribution in [2.24, 2.45) is 5.73 Å². The maximum absolute atomic E-state index is 12.5. The van der Waals surface area contributed by atoms with Crippen molar-refractivity contribution in [3.05, 3.63) is 71.3 Å². The van der Waals surface area contributed by atoms with Crippen LogP contribution in [0.4, 0.5) is 0 Å². The minimum atomic E-state index is -0.984. The monoisotopic (exact) mass is 384 g/mol. The zero-order valence-electron chi connectivity index (χ0n) is 15.9. The van der Waals surface area contributed by atoms with Gasteiger partial charge in [0.25, 0.3) is 5.91 Å². The molecule has 7 heteroatoms. The van der Waals surface area contributed by atoms with Gasteiger partial charge in [-0.15, -0.1) is 0 Å². The first kappa shape index (κ1) is 21.1. The maximum Gasteiger partial charge on any atom is 0.333 e. The minimum absolute atomic E-state index is 0.184. The van der Waals surface area contributed by atoms with E-state index >= 15 is 0 Å². The lowest BCUT2D eigenvalue weighted by Crippen LogP contribution is -2.35. The summed E-state index contributed by atoms with van der Waals surface area (Å²) in [5.41, 5.74) is 7.52. The number of carbonyl (C=O) groups is 3. The van der Waals surface area contributed by atoms with Crippen molar-refractivity contribution in [3.63, 3.8) is 0 Å². The highest BCUT2D eigenvalue weighted by Crippen LogP contribution is 2.18. The third-order valence-electron chi connectivity index (χ3n) is 4.08. The summed E-state index contributed by atoms with van der Waals surface area (Å²) in [4.78, 5) is 36.5. The number of nitrogens with one attached hydrogen (secondary N) is 1. The Morgan fingerprint density at radius 3 is 2.39 bits per heavy atom. The molecule has 1 unspecified atom stereocenters. The highest BCUT2D eigenvalue weighted by Gasteiger charge is 2.25. The number of esters is 2. The highest BCUT2D eigenvalue weighted by molar-refractivity contribution is 5.97. The predicted octanol–water partition coefficient (Wildman–Crippen LogP) is 1.76. The van der Waals surface area contributed by atoms with Gasteiger partial charge in [-0.05, 0) is 36.6 Å². The van der Waals surface area contributed by atoms with Gasteiger partial charge in [0.05, 0.1) is 13.7 Å². The number of nitrogens with two attached hydrogens (primary N) is 1. The number of benzene rings is 2. The van der Waals surface area contributed by atoms with Gasteiger partial charge in [0.1, 0.15) is 6.04 Å². The smallest absolute Gasteiger partial charge is 0.333 e. The topological polar surface area (TPSA) is 108 Å².